The van der Waals surface area contributed by atoms with Gasteiger partial charge in [0.2, 0.25) is 0 Å². The van der Waals surface area contributed by atoms with Crippen LogP contribution in [0.2, 0.25) is 0 Å². The summed E-state index contributed by atoms with van der Waals surface area (Å²) in [4.78, 5) is 14.3. The first kappa shape index (κ1) is 17.0. The highest BCUT2D eigenvalue weighted by Gasteiger charge is 2.40. The minimum absolute atomic E-state index is 0.0132. The number of rotatable bonds is 6. The number of hydrogen-bond donors (Lipinski definition) is 0. The molecule has 0 spiro atoms. The molecular formula is C20H20INO2. The van der Waals surface area contributed by atoms with Crippen molar-refractivity contribution in [2.24, 2.45) is 0 Å². The standard InChI is InChI=1S/C20H20INO2/c21-13-7-12-19-18(14-16-8-3-1-4-9-16)22(20(23)24-19)15-17-10-5-2-6-11-17/h1-12,18-19H,13-15H2/b12-7+/t18-,19-/m1/s1. The lowest BCUT2D eigenvalue weighted by molar-refractivity contribution is 0.144. The normalized spacial score (nSPS) is 20.5. The Hall–Kier alpha value is -1.82. The molecule has 3 nitrogen and oxygen atoms in total. The van der Waals surface area contributed by atoms with Crippen LogP contribution < -0.4 is 0 Å². The van der Waals surface area contributed by atoms with Gasteiger partial charge in [-0.15, -0.1) is 0 Å². The molecule has 1 fully saturated rings. The Kier molecular flexibility index (Phi) is 5.91. The summed E-state index contributed by atoms with van der Waals surface area (Å²) in [7, 11) is 0. The van der Waals surface area contributed by atoms with E-state index in [0.29, 0.717) is 6.54 Å². The fraction of sp³-hybridized carbons (Fsp3) is 0.250. The number of ether oxygens (including phenoxy) is 1. The number of benzene rings is 2. The van der Waals surface area contributed by atoms with Crippen LogP contribution in [0.3, 0.4) is 0 Å². The molecule has 1 saturated heterocycles. The molecule has 0 N–H and O–H groups in total. The lowest BCUT2D eigenvalue weighted by Gasteiger charge is -2.24. The van der Waals surface area contributed by atoms with Crippen LogP contribution in [0.25, 0.3) is 0 Å². The topological polar surface area (TPSA) is 29.5 Å². The molecule has 1 aliphatic heterocycles. The lowest BCUT2D eigenvalue weighted by Crippen LogP contribution is -2.37. The van der Waals surface area contributed by atoms with E-state index in [0.717, 1.165) is 16.4 Å². The third-order valence-electron chi connectivity index (χ3n) is 4.15. The predicted molar refractivity (Wildman–Crippen MR) is 104 cm³/mol. The molecule has 124 valence electrons. The Morgan fingerprint density at radius 3 is 2.25 bits per heavy atom. The van der Waals surface area contributed by atoms with Gasteiger partial charge in [-0.1, -0.05) is 89.3 Å². The van der Waals surface area contributed by atoms with Crippen LogP contribution in [-0.4, -0.2) is 27.6 Å². The van der Waals surface area contributed by atoms with Crippen molar-refractivity contribution in [1.82, 2.24) is 4.90 Å². The summed E-state index contributed by atoms with van der Waals surface area (Å²) in [5.74, 6) is 0. The van der Waals surface area contributed by atoms with Crippen molar-refractivity contribution in [3.63, 3.8) is 0 Å². The van der Waals surface area contributed by atoms with Crippen molar-refractivity contribution >= 4 is 28.7 Å². The van der Waals surface area contributed by atoms with Gasteiger partial charge in [-0.05, 0) is 23.6 Å². The summed E-state index contributed by atoms with van der Waals surface area (Å²) < 4.78 is 6.54. The average molecular weight is 433 g/mol. The van der Waals surface area contributed by atoms with E-state index in [1.54, 1.807) is 0 Å². The van der Waals surface area contributed by atoms with Crippen LogP contribution in [0.1, 0.15) is 11.1 Å². The number of carbonyl (C=O) groups excluding carboxylic acids is 1. The van der Waals surface area contributed by atoms with Crippen LogP contribution in [0.15, 0.2) is 72.8 Å². The number of nitrogens with zero attached hydrogens (tertiary/aromatic N) is 1. The number of alkyl halides is 1. The second-order valence-corrected chi connectivity index (χ2v) is 6.68. The van der Waals surface area contributed by atoms with Crippen molar-refractivity contribution in [2.45, 2.75) is 25.1 Å². The van der Waals surface area contributed by atoms with E-state index in [9.17, 15) is 4.79 Å². The van der Waals surface area contributed by atoms with Gasteiger partial charge in [-0.2, -0.15) is 0 Å². The highest BCUT2D eigenvalue weighted by molar-refractivity contribution is 14.1. The Bertz CT molecular complexity index is 687. The third-order valence-corrected chi connectivity index (χ3v) is 4.66. The molecule has 1 aliphatic rings. The first-order valence-corrected chi connectivity index (χ1v) is 9.58. The van der Waals surface area contributed by atoms with Crippen molar-refractivity contribution in [1.29, 1.82) is 0 Å². The molecule has 0 bridgehead atoms. The van der Waals surface area contributed by atoms with E-state index >= 15 is 0 Å². The van der Waals surface area contributed by atoms with Gasteiger partial charge < -0.3 is 4.74 Å². The maximum absolute atomic E-state index is 12.4. The van der Waals surface area contributed by atoms with E-state index in [1.807, 2.05) is 59.5 Å². The monoisotopic (exact) mass is 433 g/mol. The van der Waals surface area contributed by atoms with Gasteiger partial charge >= 0.3 is 6.09 Å². The van der Waals surface area contributed by atoms with Crippen molar-refractivity contribution in [2.75, 3.05) is 4.43 Å². The Morgan fingerprint density at radius 1 is 1.00 bits per heavy atom. The quantitative estimate of drug-likeness (QED) is 0.378. The molecule has 3 rings (SSSR count). The summed E-state index contributed by atoms with van der Waals surface area (Å²) in [5, 5.41) is 0. The third kappa shape index (κ3) is 4.17. The van der Waals surface area contributed by atoms with E-state index in [1.165, 1.54) is 5.56 Å². The summed E-state index contributed by atoms with van der Waals surface area (Å²) in [6.07, 6.45) is 4.43. The SMILES string of the molecule is O=C1O[C@H](/C=C/CI)[C@@H](Cc2ccccc2)N1Cc1ccccc1. The van der Waals surface area contributed by atoms with E-state index in [-0.39, 0.29) is 18.2 Å². The smallest absolute Gasteiger partial charge is 0.411 e. The zero-order chi connectivity index (χ0) is 16.8. The van der Waals surface area contributed by atoms with Crippen LogP contribution in [0.4, 0.5) is 4.79 Å². The molecular weight excluding hydrogens is 413 g/mol. The molecule has 2 aromatic carbocycles. The molecule has 0 saturated carbocycles. The van der Waals surface area contributed by atoms with Crippen LogP contribution in [-0.2, 0) is 17.7 Å². The molecule has 0 unspecified atom stereocenters. The zero-order valence-corrected chi connectivity index (χ0v) is 15.5. The fourth-order valence-electron chi connectivity index (χ4n) is 2.97. The first-order chi connectivity index (χ1) is 11.8. The molecule has 24 heavy (non-hydrogen) atoms. The van der Waals surface area contributed by atoms with E-state index in [2.05, 4.69) is 40.8 Å². The van der Waals surface area contributed by atoms with Gasteiger partial charge in [0.1, 0.15) is 6.10 Å². The lowest BCUT2D eigenvalue weighted by atomic mass is 10.00. The highest BCUT2D eigenvalue weighted by atomic mass is 127. The summed E-state index contributed by atoms with van der Waals surface area (Å²) in [6.45, 7) is 0.575. The number of cyclic esters (lactones) is 1. The predicted octanol–water partition coefficient (Wildman–Crippen LogP) is 4.61. The first-order valence-electron chi connectivity index (χ1n) is 8.05. The molecule has 0 radical (unpaired) electrons. The Labute approximate surface area is 156 Å². The minimum Gasteiger partial charge on any atom is -0.440 e. The number of amides is 1. The van der Waals surface area contributed by atoms with E-state index < -0.39 is 0 Å². The number of allylic oxidation sites excluding steroid dienone is 1. The highest BCUT2D eigenvalue weighted by Crippen LogP contribution is 2.26. The molecule has 0 aromatic heterocycles. The Morgan fingerprint density at radius 2 is 1.62 bits per heavy atom. The van der Waals surface area contributed by atoms with Crippen molar-refractivity contribution in [3.8, 4) is 0 Å². The van der Waals surface area contributed by atoms with Crippen molar-refractivity contribution in [3.05, 3.63) is 83.9 Å². The number of hydrogen-bond acceptors (Lipinski definition) is 2. The number of carbonyl (C=O) groups is 1. The molecule has 2 atom stereocenters. The van der Waals surface area contributed by atoms with Gasteiger partial charge in [0, 0.05) is 11.0 Å². The van der Waals surface area contributed by atoms with Crippen LogP contribution in [0, 0.1) is 0 Å². The second-order valence-electron chi connectivity index (χ2n) is 5.80. The molecule has 1 heterocycles. The summed E-state index contributed by atoms with van der Waals surface area (Å²) >= 11 is 2.29. The maximum Gasteiger partial charge on any atom is 0.411 e. The molecule has 0 aliphatic carbocycles. The zero-order valence-electron chi connectivity index (χ0n) is 13.3. The minimum atomic E-state index is -0.233. The summed E-state index contributed by atoms with van der Waals surface area (Å²) in [5.41, 5.74) is 2.33. The van der Waals surface area contributed by atoms with Gasteiger partial charge in [0.25, 0.3) is 0 Å². The number of halogens is 1. The molecule has 1 amide bonds. The fourth-order valence-corrected chi connectivity index (χ4v) is 3.27. The maximum atomic E-state index is 12.4. The van der Waals surface area contributed by atoms with Crippen LogP contribution in [0.5, 0.6) is 0 Å². The molecule has 4 heteroatoms. The van der Waals surface area contributed by atoms with Gasteiger partial charge in [0.15, 0.2) is 0 Å². The van der Waals surface area contributed by atoms with Gasteiger partial charge in [0.05, 0.1) is 6.04 Å². The molecule has 2 aromatic rings. The average Bonchev–Trinajstić information content (AvgIpc) is 2.90. The Balaban J connectivity index is 1.83. The summed E-state index contributed by atoms with van der Waals surface area (Å²) in [6, 6.07) is 20.3. The second kappa shape index (κ2) is 8.33. The van der Waals surface area contributed by atoms with E-state index in [4.69, 9.17) is 4.74 Å². The largest absolute Gasteiger partial charge is 0.440 e. The van der Waals surface area contributed by atoms with Gasteiger partial charge in [-0.3, -0.25) is 4.90 Å². The van der Waals surface area contributed by atoms with Crippen molar-refractivity contribution < 1.29 is 9.53 Å². The van der Waals surface area contributed by atoms with Gasteiger partial charge in [-0.25, -0.2) is 4.79 Å². The van der Waals surface area contributed by atoms with Crippen LogP contribution >= 0.6 is 22.6 Å².